The van der Waals surface area contributed by atoms with Gasteiger partial charge < -0.3 is 5.11 Å². The van der Waals surface area contributed by atoms with Crippen LogP contribution < -0.4 is 0 Å². The highest BCUT2D eigenvalue weighted by atomic mass is 32.1. The summed E-state index contributed by atoms with van der Waals surface area (Å²) in [6.07, 6.45) is 0.918. The first-order valence-electron chi connectivity index (χ1n) is 7.20. The maximum absolute atomic E-state index is 10.4. The molecule has 0 aliphatic carbocycles. The largest absolute Gasteiger partial charge is 0.392 e. The van der Waals surface area contributed by atoms with E-state index in [2.05, 4.69) is 43.1 Å². The van der Waals surface area contributed by atoms with Crippen molar-refractivity contribution in [1.29, 1.82) is 0 Å². The molecule has 0 aliphatic rings. The van der Waals surface area contributed by atoms with Gasteiger partial charge in [0, 0.05) is 6.42 Å². The molecule has 1 aromatic heterocycles. The first-order chi connectivity index (χ1) is 10.1. The number of para-hydroxylation sites is 1. The Labute approximate surface area is 129 Å². The van der Waals surface area contributed by atoms with Crippen molar-refractivity contribution in [2.75, 3.05) is 0 Å². The van der Waals surface area contributed by atoms with E-state index in [1.165, 1.54) is 21.4 Å². The number of benzene rings is 2. The molecule has 0 radical (unpaired) electrons. The van der Waals surface area contributed by atoms with Crippen LogP contribution in [0.15, 0.2) is 42.5 Å². The van der Waals surface area contributed by atoms with Crippen LogP contribution in [0.4, 0.5) is 0 Å². The first-order valence-corrected chi connectivity index (χ1v) is 8.02. The Morgan fingerprint density at radius 3 is 2.71 bits per heavy atom. The molecule has 1 atom stereocenters. The van der Waals surface area contributed by atoms with Gasteiger partial charge in [-0.15, -0.1) is 11.3 Å². The maximum atomic E-state index is 10.4. The Kier molecular flexibility index (Phi) is 4.04. The number of hydrogen-bond donors (Lipinski definition) is 1. The minimum absolute atomic E-state index is 0.383. The number of aliphatic hydroxyl groups excluding tert-OH is 1. The molecule has 0 saturated carbocycles. The van der Waals surface area contributed by atoms with Crippen molar-refractivity contribution in [3.63, 3.8) is 0 Å². The summed E-state index contributed by atoms with van der Waals surface area (Å²) in [6.45, 7) is 4.18. The zero-order chi connectivity index (χ0) is 14.8. The summed E-state index contributed by atoms with van der Waals surface area (Å²) in [6, 6.07) is 14.5. The van der Waals surface area contributed by atoms with Gasteiger partial charge in [0.2, 0.25) is 0 Å². The van der Waals surface area contributed by atoms with Gasteiger partial charge in [0.1, 0.15) is 0 Å². The van der Waals surface area contributed by atoms with Crippen molar-refractivity contribution in [2.24, 2.45) is 0 Å². The topological polar surface area (TPSA) is 33.1 Å². The highest BCUT2D eigenvalue weighted by Gasteiger charge is 2.12. The third-order valence-electron chi connectivity index (χ3n) is 3.71. The van der Waals surface area contributed by atoms with Crippen LogP contribution in [0.25, 0.3) is 10.2 Å². The number of aliphatic hydroxyl groups is 1. The predicted octanol–water partition coefficient (Wildman–Crippen LogP) is 4.06. The third-order valence-corrected chi connectivity index (χ3v) is 4.77. The lowest BCUT2D eigenvalue weighted by Crippen LogP contribution is -2.14. The van der Waals surface area contributed by atoms with Gasteiger partial charge >= 0.3 is 0 Å². The maximum Gasteiger partial charge on any atom is 0.0964 e. The van der Waals surface area contributed by atoms with Crippen LogP contribution in [0.3, 0.4) is 0 Å². The molecule has 0 amide bonds. The summed E-state index contributed by atoms with van der Waals surface area (Å²) in [5, 5.41) is 11.4. The first kappa shape index (κ1) is 14.2. The Morgan fingerprint density at radius 2 is 1.90 bits per heavy atom. The highest BCUT2D eigenvalue weighted by molar-refractivity contribution is 7.18. The number of thiazole rings is 1. The van der Waals surface area contributed by atoms with Crippen molar-refractivity contribution in [1.82, 2.24) is 4.98 Å². The van der Waals surface area contributed by atoms with Crippen LogP contribution >= 0.6 is 11.3 Å². The molecule has 0 fully saturated rings. The van der Waals surface area contributed by atoms with E-state index in [9.17, 15) is 5.11 Å². The summed E-state index contributed by atoms with van der Waals surface area (Å²) in [5.41, 5.74) is 4.73. The van der Waals surface area contributed by atoms with E-state index in [4.69, 9.17) is 0 Å². The van der Waals surface area contributed by atoms with E-state index in [0.717, 1.165) is 10.5 Å². The zero-order valence-electron chi connectivity index (χ0n) is 12.3. The fraction of sp³-hybridized carbons (Fsp3) is 0.278. The zero-order valence-corrected chi connectivity index (χ0v) is 13.2. The monoisotopic (exact) mass is 297 g/mol. The molecule has 3 heteroatoms. The van der Waals surface area contributed by atoms with Gasteiger partial charge in [-0.25, -0.2) is 4.98 Å². The summed E-state index contributed by atoms with van der Waals surface area (Å²) in [7, 11) is 0. The van der Waals surface area contributed by atoms with Crippen LogP contribution in [0.1, 0.15) is 21.7 Å². The lowest BCUT2D eigenvalue weighted by Gasteiger charge is -2.12. The molecule has 0 aliphatic heterocycles. The minimum atomic E-state index is -0.383. The van der Waals surface area contributed by atoms with Gasteiger partial charge in [-0.05, 0) is 43.5 Å². The van der Waals surface area contributed by atoms with E-state index in [1.54, 1.807) is 11.3 Å². The van der Waals surface area contributed by atoms with Crippen LogP contribution in [0, 0.1) is 13.8 Å². The number of fused-ring (bicyclic) bond motifs is 1. The van der Waals surface area contributed by atoms with E-state index in [-0.39, 0.29) is 6.10 Å². The second-order valence-electron chi connectivity index (χ2n) is 5.57. The average molecular weight is 297 g/mol. The van der Waals surface area contributed by atoms with Crippen molar-refractivity contribution in [2.45, 2.75) is 32.8 Å². The van der Waals surface area contributed by atoms with E-state index in [1.807, 2.05) is 18.2 Å². The Bertz CT molecular complexity index is 730. The second kappa shape index (κ2) is 5.96. The fourth-order valence-corrected chi connectivity index (χ4v) is 3.59. The summed E-state index contributed by atoms with van der Waals surface area (Å²) < 4.78 is 1.19. The molecule has 3 rings (SSSR count). The van der Waals surface area contributed by atoms with E-state index in [0.29, 0.717) is 12.8 Å². The molecule has 108 valence electrons. The number of aryl methyl sites for hydroxylation is 2. The molecule has 0 saturated heterocycles. The molecule has 0 spiro atoms. The number of rotatable bonds is 4. The fourth-order valence-electron chi connectivity index (χ4n) is 2.55. The van der Waals surface area contributed by atoms with Crippen LogP contribution in [-0.2, 0) is 12.8 Å². The summed E-state index contributed by atoms with van der Waals surface area (Å²) >= 11 is 1.67. The van der Waals surface area contributed by atoms with Gasteiger partial charge in [0.25, 0.3) is 0 Å². The van der Waals surface area contributed by atoms with Gasteiger partial charge in [-0.2, -0.15) is 0 Å². The van der Waals surface area contributed by atoms with E-state index < -0.39 is 0 Å². The molecular formula is C18H19NOS. The number of aromatic nitrogens is 1. The quantitative estimate of drug-likeness (QED) is 0.788. The molecule has 2 aromatic carbocycles. The molecular weight excluding hydrogens is 278 g/mol. The summed E-state index contributed by atoms with van der Waals surface area (Å²) in [4.78, 5) is 4.59. The van der Waals surface area contributed by atoms with Crippen molar-refractivity contribution in [3.05, 3.63) is 64.2 Å². The Hall–Kier alpha value is -1.71. The average Bonchev–Trinajstić information content (AvgIpc) is 2.84. The van der Waals surface area contributed by atoms with Crippen molar-refractivity contribution < 1.29 is 5.11 Å². The summed E-state index contributed by atoms with van der Waals surface area (Å²) in [5.74, 6) is 0. The standard InChI is InChI=1S/C18H19NOS/c1-12-7-8-13(2)14(9-12)10-15(20)11-18-19-16-5-3-4-6-17(16)21-18/h3-9,15,20H,10-11H2,1-2H3. The predicted molar refractivity (Wildman–Crippen MR) is 89.0 cm³/mol. The van der Waals surface area contributed by atoms with Crippen LogP contribution in [-0.4, -0.2) is 16.2 Å². The molecule has 3 aromatic rings. The Morgan fingerprint density at radius 1 is 1.10 bits per heavy atom. The van der Waals surface area contributed by atoms with Gasteiger partial charge in [0.05, 0.1) is 21.3 Å². The van der Waals surface area contributed by atoms with E-state index >= 15 is 0 Å². The number of hydrogen-bond acceptors (Lipinski definition) is 3. The van der Waals surface area contributed by atoms with Crippen molar-refractivity contribution >= 4 is 21.6 Å². The number of nitrogens with zero attached hydrogens (tertiary/aromatic N) is 1. The van der Waals surface area contributed by atoms with Crippen LogP contribution in [0.5, 0.6) is 0 Å². The molecule has 2 nitrogen and oxygen atoms in total. The van der Waals surface area contributed by atoms with Crippen LogP contribution in [0.2, 0.25) is 0 Å². The lowest BCUT2D eigenvalue weighted by atomic mass is 9.99. The molecule has 21 heavy (non-hydrogen) atoms. The molecule has 1 unspecified atom stereocenters. The SMILES string of the molecule is Cc1ccc(C)c(CC(O)Cc2nc3ccccc3s2)c1. The van der Waals surface area contributed by atoms with Gasteiger partial charge in [-0.3, -0.25) is 0 Å². The second-order valence-corrected chi connectivity index (χ2v) is 6.68. The van der Waals surface area contributed by atoms with Gasteiger partial charge in [0.15, 0.2) is 0 Å². The lowest BCUT2D eigenvalue weighted by molar-refractivity contribution is 0.175. The van der Waals surface area contributed by atoms with Crippen molar-refractivity contribution in [3.8, 4) is 0 Å². The highest BCUT2D eigenvalue weighted by Crippen LogP contribution is 2.23. The molecule has 1 N–H and O–H groups in total. The Balaban J connectivity index is 1.73. The normalized spacial score (nSPS) is 12.7. The molecule has 0 bridgehead atoms. The minimum Gasteiger partial charge on any atom is -0.392 e. The smallest absolute Gasteiger partial charge is 0.0964 e. The molecule has 1 heterocycles. The van der Waals surface area contributed by atoms with Gasteiger partial charge in [-0.1, -0.05) is 35.9 Å². The third kappa shape index (κ3) is 3.31.